The summed E-state index contributed by atoms with van der Waals surface area (Å²) in [5.74, 6) is 0.739. The standard InChI is InChI=1S/C17H22F2N6O.HI/c1-11-22-16(26-24-11)5-7-21-17(20-2)23-13-6-8-25(10-13)15-4-3-12(18)9-14(15)19;/h3-4,9,13H,5-8,10H2,1-2H3,(H2,20,21,23);1H. The van der Waals surface area contributed by atoms with Crippen molar-refractivity contribution >= 4 is 35.6 Å². The van der Waals surface area contributed by atoms with E-state index in [-0.39, 0.29) is 30.0 Å². The molecule has 0 spiro atoms. The summed E-state index contributed by atoms with van der Waals surface area (Å²) < 4.78 is 32.1. The van der Waals surface area contributed by atoms with Crippen LogP contribution in [0.1, 0.15) is 18.1 Å². The molecule has 1 aromatic heterocycles. The summed E-state index contributed by atoms with van der Waals surface area (Å²) >= 11 is 0. The molecule has 1 aromatic carbocycles. The van der Waals surface area contributed by atoms with Crippen molar-refractivity contribution in [2.24, 2.45) is 4.99 Å². The number of nitrogens with one attached hydrogen (secondary N) is 2. The second kappa shape index (κ2) is 9.81. The van der Waals surface area contributed by atoms with Crippen LogP contribution in [-0.2, 0) is 6.42 Å². The molecule has 7 nitrogen and oxygen atoms in total. The Morgan fingerprint density at radius 3 is 2.89 bits per heavy atom. The van der Waals surface area contributed by atoms with Gasteiger partial charge < -0.3 is 20.1 Å². The van der Waals surface area contributed by atoms with Crippen molar-refractivity contribution in [2.75, 3.05) is 31.6 Å². The van der Waals surface area contributed by atoms with Gasteiger partial charge in [-0.3, -0.25) is 4.99 Å². The molecule has 0 bridgehead atoms. The van der Waals surface area contributed by atoms with Crippen LogP contribution in [0.5, 0.6) is 0 Å². The molecule has 2 aromatic rings. The summed E-state index contributed by atoms with van der Waals surface area (Å²) in [6.07, 6.45) is 1.43. The van der Waals surface area contributed by atoms with E-state index < -0.39 is 11.6 Å². The van der Waals surface area contributed by atoms with Gasteiger partial charge in [0.2, 0.25) is 5.89 Å². The van der Waals surface area contributed by atoms with Crippen LogP contribution in [0.3, 0.4) is 0 Å². The van der Waals surface area contributed by atoms with Crippen LogP contribution in [0, 0.1) is 18.6 Å². The molecular weight excluding hydrogens is 469 g/mol. The van der Waals surface area contributed by atoms with Gasteiger partial charge in [-0.15, -0.1) is 24.0 Å². The molecule has 2 heterocycles. The fourth-order valence-electron chi connectivity index (χ4n) is 2.95. The van der Waals surface area contributed by atoms with Crippen molar-refractivity contribution in [1.82, 2.24) is 20.8 Å². The van der Waals surface area contributed by atoms with Crippen molar-refractivity contribution in [3.8, 4) is 0 Å². The van der Waals surface area contributed by atoms with E-state index in [1.807, 2.05) is 4.90 Å². The Labute approximate surface area is 173 Å². The summed E-state index contributed by atoms with van der Waals surface area (Å²) in [6, 6.07) is 3.79. The predicted octanol–water partition coefficient (Wildman–Crippen LogP) is 2.26. The van der Waals surface area contributed by atoms with Crippen molar-refractivity contribution in [3.63, 3.8) is 0 Å². The van der Waals surface area contributed by atoms with E-state index in [1.165, 1.54) is 12.1 Å². The van der Waals surface area contributed by atoms with E-state index in [1.54, 1.807) is 14.0 Å². The molecule has 10 heteroatoms. The first-order chi connectivity index (χ1) is 12.5. The Bertz CT molecular complexity index is 785. The number of aliphatic imine (C=N–C) groups is 1. The number of rotatable bonds is 5. The third-order valence-electron chi connectivity index (χ3n) is 4.20. The van der Waals surface area contributed by atoms with Gasteiger partial charge in [0.1, 0.15) is 11.6 Å². The predicted molar refractivity (Wildman–Crippen MR) is 110 cm³/mol. The molecule has 1 unspecified atom stereocenters. The first-order valence-corrected chi connectivity index (χ1v) is 8.51. The highest BCUT2D eigenvalue weighted by molar-refractivity contribution is 14.0. The van der Waals surface area contributed by atoms with Crippen molar-refractivity contribution in [1.29, 1.82) is 0 Å². The van der Waals surface area contributed by atoms with E-state index in [0.717, 1.165) is 12.5 Å². The lowest BCUT2D eigenvalue weighted by molar-refractivity contribution is 0.374. The van der Waals surface area contributed by atoms with E-state index in [9.17, 15) is 8.78 Å². The Kier molecular flexibility index (Phi) is 7.75. The minimum atomic E-state index is -0.568. The summed E-state index contributed by atoms with van der Waals surface area (Å²) in [5, 5.41) is 10.3. The highest BCUT2D eigenvalue weighted by Gasteiger charge is 2.25. The second-order valence-electron chi connectivity index (χ2n) is 6.16. The van der Waals surface area contributed by atoms with E-state index in [4.69, 9.17) is 4.52 Å². The van der Waals surface area contributed by atoms with E-state index in [0.29, 0.717) is 49.4 Å². The Balaban J connectivity index is 0.00000261. The van der Waals surface area contributed by atoms with Crippen LogP contribution in [0.25, 0.3) is 0 Å². The largest absolute Gasteiger partial charge is 0.367 e. The lowest BCUT2D eigenvalue weighted by atomic mass is 10.2. The molecular formula is C17H23F2IN6O. The third-order valence-corrected chi connectivity index (χ3v) is 4.20. The molecule has 148 valence electrons. The molecule has 0 amide bonds. The summed E-state index contributed by atoms with van der Waals surface area (Å²) in [6.45, 7) is 3.69. The van der Waals surface area contributed by atoms with Gasteiger partial charge in [0.15, 0.2) is 11.8 Å². The summed E-state index contributed by atoms with van der Waals surface area (Å²) in [4.78, 5) is 10.3. The molecule has 2 N–H and O–H groups in total. The molecule has 1 aliphatic rings. The van der Waals surface area contributed by atoms with Gasteiger partial charge >= 0.3 is 0 Å². The number of halogens is 3. The van der Waals surface area contributed by atoms with Crippen LogP contribution in [0.15, 0.2) is 27.7 Å². The number of nitrogens with zero attached hydrogens (tertiary/aromatic N) is 4. The topological polar surface area (TPSA) is 78.6 Å². The average Bonchev–Trinajstić information content (AvgIpc) is 3.23. The number of aromatic nitrogens is 2. The Morgan fingerprint density at radius 1 is 1.41 bits per heavy atom. The molecule has 3 rings (SSSR count). The van der Waals surface area contributed by atoms with E-state index in [2.05, 4.69) is 25.8 Å². The maximum Gasteiger partial charge on any atom is 0.228 e. The summed E-state index contributed by atoms with van der Waals surface area (Å²) in [7, 11) is 1.69. The molecule has 0 aliphatic carbocycles. The van der Waals surface area contributed by atoms with Crippen LogP contribution in [0.4, 0.5) is 14.5 Å². The van der Waals surface area contributed by atoms with Crippen LogP contribution >= 0.6 is 24.0 Å². The van der Waals surface area contributed by atoms with Crippen LogP contribution in [-0.4, -0.2) is 48.8 Å². The smallest absolute Gasteiger partial charge is 0.228 e. The van der Waals surface area contributed by atoms with Gasteiger partial charge in [-0.05, 0) is 25.5 Å². The van der Waals surface area contributed by atoms with Crippen molar-refractivity contribution in [2.45, 2.75) is 25.8 Å². The van der Waals surface area contributed by atoms with Crippen molar-refractivity contribution < 1.29 is 13.3 Å². The van der Waals surface area contributed by atoms with Gasteiger partial charge in [-0.2, -0.15) is 4.98 Å². The SMILES string of the molecule is CN=C(NCCc1nc(C)no1)NC1CCN(c2ccc(F)cc2F)C1.I. The number of aryl methyl sites for hydroxylation is 1. The van der Waals surface area contributed by atoms with Gasteiger partial charge in [-0.1, -0.05) is 5.16 Å². The maximum atomic E-state index is 13.9. The minimum absolute atomic E-state index is 0. The minimum Gasteiger partial charge on any atom is -0.367 e. The molecule has 27 heavy (non-hydrogen) atoms. The number of hydrogen-bond acceptors (Lipinski definition) is 5. The molecule has 0 radical (unpaired) electrons. The van der Waals surface area contributed by atoms with Crippen LogP contribution in [0.2, 0.25) is 0 Å². The number of guanidine groups is 1. The lowest BCUT2D eigenvalue weighted by Gasteiger charge is -2.20. The average molecular weight is 492 g/mol. The number of hydrogen-bond donors (Lipinski definition) is 2. The molecule has 1 saturated heterocycles. The number of benzene rings is 1. The fraction of sp³-hybridized carbons (Fsp3) is 0.471. The monoisotopic (exact) mass is 492 g/mol. The normalized spacial score (nSPS) is 17.0. The second-order valence-corrected chi connectivity index (χ2v) is 6.16. The van der Waals surface area contributed by atoms with Crippen molar-refractivity contribution in [3.05, 3.63) is 41.5 Å². The Morgan fingerprint density at radius 2 is 2.22 bits per heavy atom. The molecule has 1 atom stereocenters. The first kappa shape index (κ1) is 21.3. The molecule has 0 saturated carbocycles. The lowest BCUT2D eigenvalue weighted by Crippen LogP contribution is -2.45. The third kappa shape index (κ3) is 5.75. The van der Waals surface area contributed by atoms with Gasteiger partial charge in [-0.25, -0.2) is 8.78 Å². The number of anilines is 1. The van der Waals surface area contributed by atoms with Gasteiger partial charge in [0, 0.05) is 45.2 Å². The zero-order valence-corrected chi connectivity index (χ0v) is 17.5. The van der Waals surface area contributed by atoms with Crippen LogP contribution < -0.4 is 15.5 Å². The van der Waals surface area contributed by atoms with E-state index >= 15 is 0 Å². The van der Waals surface area contributed by atoms with Gasteiger partial charge in [0.05, 0.1) is 5.69 Å². The van der Waals surface area contributed by atoms with Gasteiger partial charge in [0.25, 0.3) is 0 Å². The highest BCUT2D eigenvalue weighted by Crippen LogP contribution is 2.24. The molecule has 1 fully saturated rings. The quantitative estimate of drug-likeness (QED) is 0.379. The highest BCUT2D eigenvalue weighted by atomic mass is 127. The zero-order chi connectivity index (χ0) is 18.5. The molecule has 1 aliphatic heterocycles. The Hall–Kier alpha value is -1.98. The zero-order valence-electron chi connectivity index (χ0n) is 15.2. The fourth-order valence-corrected chi connectivity index (χ4v) is 2.95. The first-order valence-electron chi connectivity index (χ1n) is 8.51. The summed E-state index contributed by atoms with van der Waals surface area (Å²) in [5.41, 5.74) is 0.422. The maximum absolute atomic E-state index is 13.9.